The van der Waals surface area contributed by atoms with E-state index in [4.69, 9.17) is 5.11 Å². The molecular formula is C13H12BrNO4. The highest BCUT2D eigenvalue weighted by atomic mass is 79.9. The van der Waals surface area contributed by atoms with Gasteiger partial charge in [-0.1, -0.05) is 28.1 Å². The normalized spacial score (nSPS) is 13.1. The molecule has 0 bridgehead atoms. The van der Waals surface area contributed by atoms with E-state index < -0.39 is 17.4 Å². The average Bonchev–Trinajstić information content (AvgIpc) is 2.39. The van der Waals surface area contributed by atoms with Crippen LogP contribution in [0.5, 0.6) is 0 Å². The van der Waals surface area contributed by atoms with Gasteiger partial charge in [0, 0.05) is 10.9 Å². The van der Waals surface area contributed by atoms with Gasteiger partial charge >= 0.3 is 11.9 Å². The molecule has 0 saturated carbocycles. The van der Waals surface area contributed by atoms with Gasteiger partial charge in [-0.15, -0.1) is 0 Å². The van der Waals surface area contributed by atoms with Gasteiger partial charge < -0.3 is 9.84 Å². The second kappa shape index (κ2) is 6.34. The Morgan fingerprint density at radius 1 is 1.53 bits per heavy atom. The van der Waals surface area contributed by atoms with Crippen LogP contribution < -0.4 is 0 Å². The van der Waals surface area contributed by atoms with Gasteiger partial charge in [0.25, 0.3) is 0 Å². The zero-order chi connectivity index (χ0) is 14.5. The summed E-state index contributed by atoms with van der Waals surface area (Å²) in [5.74, 6) is -1.83. The van der Waals surface area contributed by atoms with Crippen LogP contribution >= 0.6 is 15.9 Å². The first kappa shape index (κ1) is 15.2. The maximum Gasteiger partial charge on any atom is 0.330 e. The minimum Gasteiger partial charge on any atom is -0.481 e. The number of hydrogen-bond acceptors (Lipinski definition) is 4. The van der Waals surface area contributed by atoms with Crippen LogP contribution in [0.15, 0.2) is 28.7 Å². The molecule has 1 aromatic rings. The SMILES string of the molecule is COC(=O)C(C#N)(CCC(=O)O)c1cccc(Br)c1. The molecule has 6 heteroatoms. The molecule has 100 valence electrons. The lowest BCUT2D eigenvalue weighted by molar-refractivity contribution is -0.146. The molecule has 0 radical (unpaired) electrons. The Morgan fingerprint density at radius 2 is 2.21 bits per heavy atom. The number of rotatable bonds is 5. The molecular weight excluding hydrogens is 314 g/mol. The van der Waals surface area contributed by atoms with Gasteiger partial charge in [0.05, 0.1) is 13.2 Å². The standard InChI is InChI=1S/C13H12BrNO4/c1-19-12(18)13(8-15,6-5-11(16)17)9-3-2-4-10(14)7-9/h2-4,7H,5-6H2,1H3,(H,16,17). The molecule has 0 aromatic heterocycles. The van der Waals surface area contributed by atoms with Crippen molar-refractivity contribution in [2.24, 2.45) is 0 Å². The maximum atomic E-state index is 11.9. The Bertz CT molecular complexity index is 538. The molecule has 1 unspecified atom stereocenters. The molecule has 0 amide bonds. The highest BCUT2D eigenvalue weighted by Gasteiger charge is 2.42. The number of halogens is 1. The van der Waals surface area contributed by atoms with Gasteiger partial charge in [0.2, 0.25) is 0 Å². The quantitative estimate of drug-likeness (QED) is 0.839. The molecule has 0 aliphatic heterocycles. The van der Waals surface area contributed by atoms with Crippen LogP contribution in [-0.4, -0.2) is 24.2 Å². The lowest BCUT2D eigenvalue weighted by Crippen LogP contribution is -2.36. The second-order valence-corrected chi connectivity index (χ2v) is 4.83. The van der Waals surface area contributed by atoms with Gasteiger partial charge in [-0.2, -0.15) is 5.26 Å². The van der Waals surface area contributed by atoms with E-state index in [1.807, 2.05) is 6.07 Å². The van der Waals surface area contributed by atoms with Gasteiger partial charge in [-0.3, -0.25) is 4.79 Å². The first-order valence-electron chi connectivity index (χ1n) is 5.44. The molecule has 1 aromatic carbocycles. The van der Waals surface area contributed by atoms with E-state index in [0.717, 1.165) is 0 Å². The van der Waals surface area contributed by atoms with Gasteiger partial charge in [0.1, 0.15) is 0 Å². The number of ether oxygens (including phenoxy) is 1. The van der Waals surface area contributed by atoms with Crippen LogP contribution in [-0.2, 0) is 19.7 Å². The zero-order valence-corrected chi connectivity index (χ0v) is 11.8. The molecule has 1 atom stereocenters. The molecule has 1 rings (SSSR count). The van der Waals surface area contributed by atoms with E-state index in [9.17, 15) is 14.9 Å². The number of carbonyl (C=O) groups excluding carboxylic acids is 1. The molecule has 0 spiro atoms. The minimum atomic E-state index is -1.60. The van der Waals surface area contributed by atoms with E-state index in [2.05, 4.69) is 20.7 Å². The van der Waals surface area contributed by atoms with Crippen molar-refractivity contribution >= 4 is 27.9 Å². The monoisotopic (exact) mass is 325 g/mol. The largest absolute Gasteiger partial charge is 0.481 e. The van der Waals surface area contributed by atoms with Crippen LogP contribution in [0, 0.1) is 11.3 Å². The summed E-state index contributed by atoms with van der Waals surface area (Å²) < 4.78 is 5.36. The molecule has 5 nitrogen and oxygen atoms in total. The van der Waals surface area contributed by atoms with Crippen molar-refractivity contribution < 1.29 is 19.4 Å². The number of carboxylic acids is 1. The number of benzene rings is 1. The molecule has 0 heterocycles. The fourth-order valence-corrected chi connectivity index (χ4v) is 2.15. The molecule has 1 N–H and O–H groups in total. The minimum absolute atomic E-state index is 0.137. The van der Waals surface area contributed by atoms with Gasteiger partial charge in [0.15, 0.2) is 5.41 Å². The Kier molecular flexibility index (Phi) is 5.07. The van der Waals surface area contributed by atoms with Crippen molar-refractivity contribution in [3.05, 3.63) is 34.3 Å². The summed E-state index contributed by atoms with van der Waals surface area (Å²) in [7, 11) is 1.17. The summed E-state index contributed by atoms with van der Waals surface area (Å²) in [5.41, 5.74) is -1.19. The number of methoxy groups -OCH3 is 1. The fraction of sp³-hybridized carbons (Fsp3) is 0.308. The number of esters is 1. The Balaban J connectivity index is 3.28. The summed E-state index contributed by atoms with van der Waals surface area (Å²) in [6, 6.07) is 8.55. The summed E-state index contributed by atoms with van der Waals surface area (Å²) >= 11 is 3.26. The number of hydrogen-bond donors (Lipinski definition) is 1. The van der Waals surface area contributed by atoms with Crippen LogP contribution in [0.3, 0.4) is 0 Å². The van der Waals surface area contributed by atoms with E-state index in [-0.39, 0.29) is 12.8 Å². The molecule has 19 heavy (non-hydrogen) atoms. The average molecular weight is 326 g/mol. The highest BCUT2D eigenvalue weighted by Crippen LogP contribution is 2.32. The number of nitrogens with zero attached hydrogens (tertiary/aromatic N) is 1. The van der Waals surface area contributed by atoms with Crippen molar-refractivity contribution in [1.29, 1.82) is 5.26 Å². The zero-order valence-electron chi connectivity index (χ0n) is 10.2. The molecule has 0 aliphatic rings. The summed E-state index contributed by atoms with van der Waals surface area (Å²) in [6.45, 7) is 0. The third-order valence-corrected chi connectivity index (χ3v) is 3.25. The number of nitriles is 1. The number of carboxylic acid groups (broad SMARTS) is 1. The van der Waals surface area contributed by atoms with Crippen molar-refractivity contribution in [3.8, 4) is 6.07 Å². The van der Waals surface area contributed by atoms with Crippen LogP contribution in [0.4, 0.5) is 0 Å². The molecule has 0 fully saturated rings. The third kappa shape index (κ3) is 3.32. The Morgan fingerprint density at radius 3 is 2.68 bits per heavy atom. The van der Waals surface area contributed by atoms with Gasteiger partial charge in [-0.25, -0.2) is 4.79 Å². The van der Waals surface area contributed by atoms with Crippen LogP contribution in [0.1, 0.15) is 18.4 Å². The van der Waals surface area contributed by atoms with Crippen molar-refractivity contribution in [2.75, 3.05) is 7.11 Å². The second-order valence-electron chi connectivity index (χ2n) is 3.91. The predicted octanol–water partition coefficient (Wildman–Crippen LogP) is 2.25. The van der Waals surface area contributed by atoms with E-state index in [1.165, 1.54) is 7.11 Å². The van der Waals surface area contributed by atoms with Crippen LogP contribution in [0.2, 0.25) is 0 Å². The van der Waals surface area contributed by atoms with Crippen molar-refractivity contribution in [1.82, 2.24) is 0 Å². The third-order valence-electron chi connectivity index (χ3n) is 2.76. The topological polar surface area (TPSA) is 87.4 Å². The first-order chi connectivity index (χ1) is 8.96. The van der Waals surface area contributed by atoms with Crippen molar-refractivity contribution in [3.63, 3.8) is 0 Å². The fourth-order valence-electron chi connectivity index (χ4n) is 1.75. The smallest absolute Gasteiger partial charge is 0.330 e. The van der Waals surface area contributed by atoms with Crippen molar-refractivity contribution in [2.45, 2.75) is 18.3 Å². The Labute approximate surface area is 118 Å². The summed E-state index contributed by atoms with van der Waals surface area (Å²) in [4.78, 5) is 22.6. The molecule has 0 saturated heterocycles. The lowest BCUT2D eigenvalue weighted by atomic mass is 9.78. The first-order valence-corrected chi connectivity index (χ1v) is 6.23. The van der Waals surface area contributed by atoms with E-state index in [1.54, 1.807) is 24.3 Å². The summed E-state index contributed by atoms with van der Waals surface area (Å²) in [5, 5.41) is 18.1. The van der Waals surface area contributed by atoms with Crippen LogP contribution in [0.25, 0.3) is 0 Å². The molecule has 0 aliphatic carbocycles. The van der Waals surface area contributed by atoms with E-state index in [0.29, 0.717) is 10.0 Å². The van der Waals surface area contributed by atoms with E-state index >= 15 is 0 Å². The lowest BCUT2D eigenvalue weighted by Gasteiger charge is -2.23. The Hall–Kier alpha value is -1.87. The summed E-state index contributed by atoms with van der Waals surface area (Å²) in [6.07, 6.45) is -0.433. The number of aliphatic carboxylic acids is 1. The number of carbonyl (C=O) groups is 2. The highest BCUT2D eigenvalue weighted by molar-refractivity contribution is 9.10. The maximum absolute atomic E-state index is 11.9. The van der Waals surface area contributed by atoms with Gasteiger partial charge in [-0.05, 0) is 24.1 Å². The predicted molar refractivity (Wildman–Crippen MR) is 70.3 cm³/mol.